The summed E-state index contributed by atoms with van der Waals surface area (Å²) in [7, 11) is 0. The number of carbonyl (C=O) groups is 1. The number of aromatic nitrogens is 2. The first-order chi connectivity index (χ1) is 19.0. The zero-order valence-electron chi connectivity index (χ0n) is 21.3. The van der Waals surface area contributed by atoms with Crippen LogP contribution in [0.15, 0.2) is 30.5 Å². The number of carbonyl (C=O) groups excluding carboxylic acids is 1. The summed E-state index contributed by atoms with van der Waals surface area (Å²) >= 11 is 0. The molecule has 0 aliphatic carbocycles. The van der Waals surface area contributed by atoms with E-state index in [1.54, 1.807) is 4.90 Å². The molecule has 8 nitrogen and oxygen atoms in total. The maximum Gasteiger partial charge on any atom is 0.283 e. The van der Waals surface area contributed by atoms with Crippen LogP contribution in [0.4, 0.5) is 49.4 Å². The molecular formula is C26H24F6N6O2. The number of halogens is 6. The average molecular weight is 567 g/mol. The van der Waals surface area contributed by atoms with Crippen LogP contribution in [0.5, 0.6) is 5.75 Å². The van der Waals surface area contributed by atoms with E-state index >= 15 is 4.39 Å². The number of amides is 1. The number of nitrogens with zero attached hydrogens (tertiary/aromatic N) is 4. The van der Waals surface area contributed by atoms with Crippen molar-refractivity contribution in [2.45, 2.75) is 32.4 Å². The molecule has 0 radical (unpaired) electrons. The molecule has 2 aliphatic rings. The third-order valence-corrected chi connectivity index (χ3v) is 6.51. The highest BCUT2D eigenvalue weighted by atomic mass is 19.3. The van der Waals surface area contributed by atoms with Crippen molar-refractivity contribution >= 4 is 28.9 Å². The zero-order valence-corrected chi connectivity index (χ0v) is 21.3. The molecule has 1 atom stereocenters. The molecule has 2 aromatic carbocycles. The van der Waals surface area contributed by atoms with Crippen LogP contribution in [0.2, 0.25) is 0 Å². The maximum atomic E-state index is 15.1. The molecule has 0 spiro atoms. The van der Waals surface area contributed by atoms with E-state index in [1.165, 1.54) is 19.9 Å². The summed E-state index contributed by atoms with van der Waals surface area (Å²) in [5.74, 6) is -5.60. The highest BCUT2D eigenvalue weighted by Gasteiger charge is 2.43. The molecule has 3 aromatic rings. The van der Waals surface area contributed by atoms with Gasteiger partial charge in [0.05, 0.1) is 23.3 Å². The number of ether oxygens (including phenoxy) is 1. The number of fused-ring (bicyclic) bond motifs is 1. The van der Waals surface area contributed by atoms with E-state index < -0.39 is 59.2 Å². The topological polar surface area (TPSA) is 82.6 Å². The summed E-state index contributed by atoms with van der Waals surface area (Å²) in [6, 6.07) is 3.29. The quantitative estimate of drug-likeness (QED) is 0.422. The Labute approximate surface area is 225 Å². The monoisotopic (exact) mass is 566 g/mol. The van der Waals surface area contributed by atoms with E-state index in [1.807, 2.05) is 0 Å². The Morgan fingerprint density at radius 3 is 2.38 bits per heavy atom. The Morgan fingerprint density at radius 2 is 1.70 bits per heavy atom. The van der Waals surface area contributed by atoms with Gasteiger partial charge in [-0.2, -0.15) is 0 Å². The highest BCUT2D eigenvalue weighted by Crippen LogP contribution is 2.42. The van der Waals surface area contributed by atoms with Gasteiger partial charge in [-0.15, -0.1) is 0 Å². The van der Waals surface area contributed by atoms with Crippen molar-refractivity contribution in [3.63, 3.8) is 0 Å². The summed E-state index contributed by atoms with van der Waals surface area (Å²) in [6.07, 6.45) is -4.65. The molecule has 1 aromatic heterocycles. The Bertz CT molecular complexity index is 1450. The molecule has 1 fully saturated rings. The van der Waals surface area contributed by atoms with Crippen LogP contribution < -0.4 is 25.2 Å². The normalized spacial score (nSPS) is 17.4. The van der Waals surface area contributed by atoms with Crippen molar-refractivity contribution in [1.82, 2.24) is 15.3 Å². The first-order valence-corrected chi connectivity index (χ1v) is 12.4. The van der Waals surface area contributed by atoms with E-state index in [2.05, 4.69) is 20.6 Å². The van der Waals surface area contributed by atoms with Gasteiger partial charge in [0.1, 0.15) is 17.3 Å². The SMILES string of the molecule is CC(C)N1C(=O)C(C(F)F)Oc2c(F)cc(-c3nc(Nc4cc(F)c(N5CCNCC5)cc4F)ncc3F)cc21. The molecule has 40 heavy (non-hydrogen) atoms. The molecule has 1 unspecified atom stereocenters. The van der Waals surface area contributed by atoms with Crippen molar-refractivity contribution in [2.24, 2.45) is 0 Å². The Kier molecular flexibility index (Phi) is 7.45. The van der Waals surface area contributed by atoms with Gasteiger partial charge in [0, 0.05) is 49.9 Å². The minimum Gasteiger partial charge on any atom is -0.469 e. The number of rotatable bonds is 6. The highest BCUT2D eigenvalue weighted by molar-refractivity contribution is 6.01. The molecule has 0 bridgehead atoms. The number of alkyl halides is 2. The van der Waals surface area contributed by atoms with Crippen molar-refractivity contribution in [3.05, 3.63) is 53.7 Å². The van der Waals surface area contributed by atoms with Gasteiger partial charge < -0.3 is 25.2 Å². The minimum absolute atomic E-state index is 0.0929. The molecular weight excluding hydrogens is 542 g/mol. The third kappa shape index (κ3) is 5.10. The molecule has 2 aliphatic heterocycles. The average Bonchev–Trinajstić information content (AvgIpc) is 2.91. The third-order valence-electron chi connectivity index (χ3n) is 6.51. The second kappa shape index (κ2) is 10.8. The molecule has 3 heterocycles. The first kappa shape index (κ1) is 27.5. The lowest BCUT2D eigenvalue weighted by Crippen LogP contribution is -2.52. The molecule has 2 N–H and O–H groups in total. The van der Waals surface area contributed by atoms with Crippen LogP contribution in [0.25, 0.3) is 11.3 Å². The lowest BCUT2D eigenvalue weighted by atomic mass is 10.0. The van der Waals surface area contributed by atoms with E-state index in [9.17, 15) is 26.7 Å². The molecule has 1 amide bonds. The molecule has 1 saturated heterocycles. The Hall–Kier alpha value is -4.07. The smallest absolute Gasteiger partial charge is 0.283 e. The lowest BCUT2D eigenvalue weighted by Gasteiger charge is -2.36. The number of hydrogen-bond donors (Lipinski definition) is 2. The van der Waals surface area contributed by atoms with Gasteiger partial charge in [-0.25, -0.2) is 36.3 Å². The standard InChI is InChI=1S/C26H24F6N6O2/c1-12(2)38-20-8-13(7-16(29)22(20)40-23(24(31)32)25(38)39)21-17(30)11-34-26(36-21)35-18-9-15(28)19(10-14(18)27)37-5-3-33-4-6-37/h7-12,23-24,33H,3-6H2,1-2H3,(H,34,35,36). The van der Waals surface area contributed by atoms with Crippen LogP contribution in [-0.2, 0) is 4.79 Å². The first-order valence-electron chi connectivity index (χ1n) is 12.4. The summed E-state index contributed by atoms with van der Waals surface area (Å²) < 4.78 is 91.4. The summed E-state index contributed by atoms with van der Waals surface area (Å²) in [4.78, 5) is 23.1. The predicted molar refractivity (Wildman–Crippen MR) is 135 cm³/mol. The fraction of sp³-hybridized carbons (Fsp3) is 0.346. The summed E-state index contributed by atoms with van der Waals surface area (Å²) in [5.41, 5.74) is -1.01. The van der Waals surface area contributed by atoms with Gasteiger partial charge >= 0.3 is 0 Å². The van der Waals surface area contributed by atoms with E-state index in [0.29, 0.717) is 26.2 Å². The van der Waals surface area contributed by atoms with Crippen LogP contribution >= 0.6 is 0 Å². The number of hydrogen-bond acceptors (Lipinski definition) is 7. The van der Waals surface area contributed by atoms with Gasteiger partial charge in [-0.05, 0) is 26.0 Å². The molecule has 0 saturated carbocycles. The van der Waals surface area contributed by atoms with Crippen molar-refractivity contribution in [3.8, 4) is 17.0 Å². The molecule has 5 rings (SSSR count). The van der Waals surface area contributed by atoms with Gasteiger partial charge in [0.2, 0.25) is 12.1 Å². The molecule has 14 heteroatoms. The van der Waals surface area contributed by atoms with Crippen LogP contribution in [0.1, 0.15) is 13.8 Å². The van der Waals surface area contributed by atoms with Crippen molar-refractivity contribution in [2.75, 3.05) is 41.3 Å². The van der Waals surface area contributed by atoms with E-state index in [0.717, 1.165) is 29.3 Å². The second-order valence-electron chi connectivity index (χ2n) is 9.52. The van der Waals surface area contributed by atoms with Gasteiger partial charge in [-0.3, -0.25) is 4.79 Å². The fourth-order valence-electron chi connectivity index (χ4n) is 4.67. The van der Waals surface area contributed by atoms with Crippen molar-refractivity contribution < 1.29 is 35.9 Å². The Balaban J connectivity index is 1.49. The van der Waals surface area contributed by atoms with Crippen LogP contribution in [0.3, 0.4) is 0 Å². The largest absolute Gasteiger partial charge is 0.469 e. The van der Waals surface area contributed by atoms with Gasteiger partial charge in [0.25, 0.3) is 12.3 Å². The van der Waals surface area contributed by atoms with Crippen molar-refractivity contribution in [1.29, 1.82) is 0 Å². The van der Waals surface area contributed by atoms with E-state index in [4.69, 9.17) is 4.74 Å². The second-order valence-corrected chi connectivity index (χ2v) is 9.52. The number of benzene rings is 2. The maximum absolute atomic E-state index is 15.1. The Morgan fingerprint density at radius 1 is 0.975 bits per heavy atom. The van der Waals surface area contributed by atoms with Gasteiger partial charge in [0.15, 0.2) is 17.4 Å². The van der Waals surface area contributed by atoms with Crippen LogP contribution in [-0.4, -0.2) is 60.6 Å². The summed E-state index contributed by atoms with van der Waals surface area (Å²) in [5, 5.41) is 5.63. The van der Waals surface area contributed by atoms with E-state index in [-0.39, 0.29) is 28.6 Å². The fourth-order valence-corrected chi connectivity index (χ4v) is 4.67. The number of nitrogens with one attached hydrogen (secondary N) is 2. The van der Waals surface area contributed by atoms with Gasteiger partial charge in [-0.1, -0.05) is 0 Å². The predicted octanol–water partition coefficient (Wildman–Crippen LogP) is 4.62. The lowest BCUT2D eigenvalue weighted by molar-refractivity contribution is -0.134. The minimum atomic E-state index is -3.20. The zero-order chi connectivity index (χ0) is 28.7. The molecule has 212 valence electrons. The summed E-state index contributed by atoms with van der Waals surface area (Å²) in [6.45, 7) is 5.32. The van der Waals surface area contributed by atoms with Crippen LogP contribution in [0, 0.1) is 23.3 Å². The number of anilines is 4. The number of piperazine rings is 1.